The molecule has 0 radical (unpaired) electrons. The summed E-state index contributed by atoms with van der Waals surface area (Å²) in [6.45, 7) is 2.29. The van der Waals surface area contributed by atoms with Crippen LogP contribution in [0.3, 0.4) is 0 Å². The fourth-order valence-corrected chi connectivity index (χ4v) is 4.68. The van der Waals surface area contributed by atoms with Crippen LogP contribution in [0.15, 0.2) is 121 Å². The molecule has 4 nitrogen and oxygen atoms in total. The Morgan fingerprint density at radius 3 is 1.49 bits per heavy atom. The topological polar surface area (TPSA) is 41.6 Å². The van der Waals surface area contributed by atoms with Crippen molar-refractivity contribution in [1.82, 2.24) is 10.2 Å². The summed E-state index contributed by atoms with van der Waals surface area (Å²) in [5.41, 5.74) is 4.92. The number of nitrogens with zero attached hydrogens (tertiary/aromatic N) is 1. The van der Waals surface area contributed by atoms with E-state index in [0.717, 1.165) is 25.1 Å². The fourth-order valence-electron chi connectivity index (χ4n) is 4.68. The van der Waals surface area contributed by atoms with Gasteiger partial charge in [-0.1, -0.05) is 121 Å². The molecule has 0 aliphatic rings. The van der Waals surface area contributed by atoms with E-state index in [1.807, 2.05) is 18.2 Å². The van der Waals surface area contributed by atoms with Gasteiger partial charge in [0.15, 0.2) is 0 Å². The van der Waals surface area contributed by atoms with Crippen LogP contribution in [-0.4, -0.2) is 36.6 Å². The molecule has 4 heteroatoms. The molecule has 4 rings (SSSR count). The molecule has 4 aromatic rings. The molecule has 0 aliphatic heterocycles. The minimum absolute atomic E-state index is 0.158. The van der Waals surface area contributed by atoms with Crippen LogP contribution in [0, 0.1) is 0 Å². The molecule has 0 saturated carbocycles. The summed E-state index contributed by atoms with van der Waals surface area (Å²) >= 11 is 0. The molecule has 0 aromatic heterocycles. The van der Waals surface area contributed by atoms with Crippen LogP contribution in [0.4, 0.5) is 0 Å². The molecule has 4 aromatic carbocycles. The highest BCUT2D eigenvalue weighted by molar-refractivity contribution is 5.76. The standard InChI is InChI=1S/C33H36N2O2/c1-37-33(36)32(23-28-16-8-3-9-17-28)34-24-31(22-27-14-6-2-7-15-27)35(25-29-18-10-4-11-19-29)26-30-20-12-5-13-21-30/h2-21,31-32,34H,22-26H2,1H3/t31-,32-/m0/s1. The number of hydrogen-bond donors (Lipinski definition) is 1. The number of esters is 1. The number of methoxy groups -OCH3 is 1. The SMILES string of the molecule is COC(=O)[C@H](Cc1ccccc1)NC[C@H](Cc1ccccc1)N(Cc1ccccc1)Cc1ccccc1. The van der Waals surface area contributed by atoms with Gasteiger partial charge in [0.2, 0.25) is 0 Å². The normalized spacial score (nSPS) is 12.7. The molecule has 0 spiro atoms. The maximum absolute atomic E-state index is 12.7. The lowest BCUT2D eigenvalue weighted by molar-refractivity contribution is -0.143. The van der Waals surface area contributed by atoms with Crippen LogP contribution in [0.1, 0.15) is 22.3 Å². The summed E-state index contributed by atoms with van der Waals surface area (Å²) in [4.78, 5) is 15.3. The van der Waals surface area contributed by atoms with E-state index in [9.17, 15) is 4.79 Å². The van der Waals surface area contributed by atoms with Crippen LogP contribution in [0.5, 0.6) is 0 Å². The Bertz CT molecular complexity index is 1140. The predicted octanol–water partition coefficient (Wildman–Crippen LogP) is 5.67. The molecule has 1 N–H and O–H groups in total. The molecule has 0 saturated heterocycles. The van der Waals surface area contributed by atoms with Crippen LogP contribution in [-0.2, 0) is 35.5 Å². The second-order valence-electron chi connectivity index (χ2n) is 9.39. The largest absolute Gasteiger partial charge is 0.468 e. The van der Waals surface area contributed by atoms with E-state index in [1.54, 1.807) is 0 Å². The Kier molecular flexibility index (Phi) is 10.1. The van der Waals surface area contributed by atoms with Gasteiger partial charge < -0.3 is 10.1 Å². The molecule has 0 aliphatic carbocycles. The molecule has 0 amide bonds. The lowest BCUT2D eigenvalue weighted by atomic mass is 10.0. The quantitative estimate of drug-likeness (QED) is 0.244. The first-order valence-electron chi connectivity index (χ1n) is 12.9. The van der Waals surface area contributed by atoms with Gasteiger partial charge in [-0.05, 0) is 35.1 Å². The van der Waals surface area contributed by atoms with E-state index in [1.165, 1.54) is 23.8 Å². The number of rotatable bonds is 13. The van der Waals surface area contributed by atoms with E-state index in [0.29, 0.717) is 13.0 Å². The molecule has 0 fully saturated rings. The summed E-state index contributed by atoms with van der Waals surface area (Å²) in [5.74, 6) is -0.236. The lowest BCUT2D eigenvalue weighted by Crippen LogP contribution is -2.48. The zero-order valence-electron chi connectivity index (χ0n) is 21.5. The third-order valence-corrected chi connectivity index (χ3v) is 6.66. The Balaban J connectivity index is 1.59. The highest BCUT2D eigenvalue weighted by Gasteiger charge is 2.25. The molecule has 0 bridgehead atoms. The van der Waals surface area contributed by atoms with Crippen molar-refractivity contribution in [1.29, 1.82) is 0 Å². The average Bonchev–Trinajstić information content (AvgIpc) is 2.96. The van der Waals surface area contributed by atoms with Crippen molar-refractivity contribution in [2.24, 2.45) is 0 Å². The molecular weight excluding hydrogens is 456 g/mol. The van der Waals surface area contributed by atoms with E-state index in [-0.39, 0.29) is 12.0 Å². The van der Waals surface area contributed by atoms with Gasteiger partial charge in [-0.2, -0.15) is 0 Å². The highest BCUT2D eigenvalue weighted by atomic mass is 16.5. The summed E-state index contributed by atoms with van der Waals surface area (Å²) in [6.07, 6.45) is 1.45. The number of carbonyl (C=O) groups is 1. The first-order chi connectivity index (χ1) is 18.2. The van der Waals surface area contributed by atoms with Crippen molar-refractivity contribution in [2.45, 2.75) is 38.0 Å². The van der Waals surface area contributed by atoms with Crippen molar-refractivity contribution in [3.63, 3.8) is 0 Å². The first kappa shape index (κ1) is 26.3. The first-order valence-corrected chi connectivity index (χ1v) is 12.9. The van der Waals surface area contributed by atoms with Crippen molar-refractivity contribution < 1.29 is 9.53 Å². The second-order valence-corrected chi connectivity index (χ2v) is 9.39. The molecule has 37 heavy (non-hydrogen) atoms. The fraction of sp³-hybridized carbons (Fsp3) is 0.242. The maximum atomic E-state index is 12.7. The van der Waals surface area contributed by atoms with Gasteiger partial charge in [0, 0.05) is 25.7 Å². The molecule has 190 valence electrons. The van der Waals surface area contributed by atoms with Crippen molar-refractivity contribution in [3.8, 4) is 0 Å². The minimum Gasteiger partial charge on any atom is -0.468 e. The third-order valence-electron chi connectivity index (χ3n) is 6.66. The summed E-state index contributed by atoms with van der Waals surface area (Å²) < 4.78 is 5.17. The molecule has 0 heterocycles. The van der Waals surface area contributed by atoms with Gasteiger partial charge in [-0.15, -0.1) is 0 Å². The maximum Gasteiger partial charge on any atom is 0.323 e. The van der Waals surface area contributed by atoms with Gasteiger partial charge in [0.25, 0.3) is 0 Å². The van der Waals surface area contributed by atoms with Crippen LogP contribution >= 0.6 is 0 Å². The molecule has 2 atom stereocenters. The Morgan fingerprint density at radius 1 is 0.649 bits per heavy atom. The summed E-state index contributed by atoms with van der Waals surface area (Å²) in [6, 6.07) is 41.6. The van der Waals surface area contributed by atoms with E-state index >= 15 is 0 Å². The number of hydrogen-bond acceptors (Lipinski definition) is 4. The Hall–Kier alpha value is -3.73. The van der Waals surface area contributed by atoms with E-state index in [4.69, 9.17) is 4.74 Å². The van der Waals surface area contributed by atoms with Gasteiger partial charge in [-0.25, -0.2) is 0 Å². The van der Waals surface area contributed by atoms with Crippen LogP contribution in [0.25, 0.3) is 0 Å². The van der Waals surface area contributed by atoms with Crippen molar-refractivity contribution in [2.75, 3.05) is 13.7 Å². The third kappa shape index (κ3) is 8.42. The minimum atomic E-state index is -0.416. The molecule has 0 unspecified atom stereocenters. The van der Waals surface area contributed by atoms with Crippen LogP contribution in [0.2, 0.25) is 0 Å². The van der Waals surface area contributed by atoms with E-state index < -0.39 is 6.04 Å². The zero-order chi connectivity index (χ0) is 25.7. The van der Waals surface area contributed by atoms with E-state index in [2.05, 4.69) is 113 Å². The average molecular weight is 493 g/mol. The number of ether oxygens (including phenoxy) is 1. The lowest BCUT2D eigenvalue weighted by Gasteiger charge is -2.33. The van der Waals surface area contributed by atoms with Gasteiger partial charge in [-0.3, -0.25) is 9.69 Å². The van der Waals surface area contributed by atoms with Gasteiger partial charge >= 0.3 is 5.97 Å². The number of carbonyl (C=O) groups excluding carboxylic acids is 1. The molecular formula is C33H36N2O2. The monoisotopic (exact) mass is 492 g/mol. The van der Waals surface area contributed by atoms with Gasteiger partial charge in [0.05, 0.1) is 7.11 Å². The Labute approximate surface area is 220 Å². The smallest absolute Gasteiger partial charge is 0.323 e. The Morgan fingerprint density at radius 2 is 1.05 bits per heavy atom. The van der Waals surface area contributed by atoms with Crippen molar-refractivity contribution in [3.05, 3.63) is 144 Å². The highest BCUT2D eigenvalue weighted by Crippen LogP contribution is 2.17. The van der Waals surface area contributed by atoms with Crippen LogP contribution < -0.4 is 5.32 Å². The predicted molar refractivity (Wildman–Crippen MR) is 150 cm³/mol. The second kappa shape index (κ2) is 14.1. The zero-order valence-corrected chi connectivity index (χ0v) is 21.5. The number of nitrogens with one attached hydrogen (secondary N) is 1. The van der Waals surface area contributed by atoms with Gasteiger partial charge in [0.1, 0.15) is 6.04 Å². The summed E-state index contributed by atoms with van der Waals surface area (Å²) in [7, 11) is 1.46. The van der Waals surface area contributed by atoms with Crippen molar-refractivity contribution >= 4 is 5.97 Å². The number of benzene rings is 4. The summed E-state index contributed by atoms with van der Waals surface area (Å²) in [5, 5.41) is 3.58.